The largest absolute Gasteiger partial charge is 0.498 e. The molecule has 3 nitrogen and oxygen atoms in total. The fraction of sp³-hybridized carbons (Fsp3) is 0.750. The van der Waals surface area contributed by atoms with E-state index in [2.05, 4.69) is 31.8 Å². The lowest BCUT2D eigenvalue weighted by atomic mass is 9.50. The fourth-order valence-electron chi connectivity index (χ4n) is 6.49. The fourth-order valence-corrected chi connectivity index (χ4v) is 6.49. The minimum atomic E-state index is 0.176. The Labute approximate surface area is 139 Å². The van der Waals surface area contributed by atoms with Crippen LogP contribution in [-0.4, -0.2) is 12.0 Å². The normalized spacial score (nSPS) is 48.4. The Morgan fingerprint density at radius 3 is 2.87 bits per heavy atom. The van der Waals surface area contributed by atoms with Crippen molar-refractivity contribution < 1.29 is 9.53 Å². The highest BCUT2D eigenvalue weighted by atomic mass is 16.5. The summed E-state index contributed by atoms with van der Waals surface area (Å²) in [5, 5.41) is 3.17. The van der Waals surface area contributed by atoms with Gasteiger partial charge in [-0.2, -0.15) is 0 Å². The first kappa shape index (κ1) is 15.3. The summed E-state index contributed by atoms with van der Waals surface area (Å²) in [6, 6.07) is 0. The van der Waals surface area contributed by atoms with Crippen LogP contribution in [0.1, 0.15) is 58.8 Å². The second-order valence-corrected chi connectivity index (χ2v) is 8.61. The molecule has 1 amide bonds. The SMILES string of the molecule is C=COC1CCC2C3CC=C4NC(=O)CCC4(C)C3CCC12C. The van der Waals surface area contributed by atoms with Crippen LogP contribution >= 0.6 is 0 Å². The molecule has 3 aliphatic carbocycles. The Morgan fingerprint density at radius 1 is 1.26 bits per heavy atom. The quantitative estimate of drug-likeness (QED) is 0.777. The third-order valence-electron chi connectivity index (χ3n) is 7.78. The van der Waals surface area contributed by atoms with Crippen LogP contribution in [0.4, 0.5) is 0 Å². The summed E-state index contributed by atoms with van der Waals surface area (Å²) in [6.45, 7) is 8.61. The van der Waals surface area contributed by atoms with E-state index < -0.39 is 0 Å². The molecule has 3 fully saturated rings. The Hall–Kier alpha value is -1.25. The molecule has 4 rings (SSSR count). The topological polar surface area (TPSA) is 38.3 Å². The van der Waals surface area contributed by atoms with E-state index in [0.29, 0.717) is 23.9 Å². The van der Waals surface area contributed by atoms with Gasteiger partial charge in [0.1, 0.15) is 6.10 Å². The van der Waals surface area contributed by atoms with Crippen LogP contribution in [0.25, 0.3) is 0 Å². The molecule has 1 N–H and O–H groups in total. The number of nitrogens with one attached hydrogen (secondary N) is 1. The number of amides is 1. The zero-order valence-corrected chi connectivity index (χ0v) is 14.4. The monoisotopic (exact) mass is 315 g/mol. The van der Waals surface area contributed by atoms with Gasteiger partial charge in [0.2, 0.25) is 5.91 Å². The molecule has 6 unspecified atom stereocenters. The molecule has 2 saturated carbocycles. The van der Waals surface area contributed by atoms with E-state index in [1.165, 1.54) is 31.4 Å². The molecular formula is C20H29NO2. The predicted octanol–water partition coefficient (Wildman–Crippen LogP) is 4.16. The maximum Gasteiger partial charge on any atom is 0.224 e. The molecule has 0 radical (unpaired) electrons. The Balaban J connectivity index is 1.65. The smallest absolute Gasteiger partial charge is 0.224 e. The van der Waals surface area contributed by atoms with Crippen LogP contribution in [0.5, 0.6) is 0 Å². The van der Waals surface area contributed by atoms with Crippen molar-refractivity contribution >= 4 is 5.91 Å². The number of ether oxygens (including phenoxy) is 1. The van der Waals surface area contributed by atoms with E-state index in [9.17, 15) is 4.79 Å². The van der Waals surface area contributed by atoms with Gasteiger partial charge in [-0.1, -0.05) is 26.5 Å². The standard InChI is InChI=1S/C20H29NO2/c1-4-23-17-8-6-14-13-5-7-16-19(2,12-10-18(22)21-16)15(13)9-11-20(14,17)3/h4,7,13-15,17H,1,5-6,8-12H2,2-3H3,(H,21,22). The molecular weight excluding hydrogens is 286 g/mol. The van der Waals surface area contributed by atoms with Crippen molar-refractivity contribution in [2.24, 2.45) is 28.6 Å². The van der Waals surface area contributed by atoms with Crippen LogP contribution in [-0.2, 0) is 9.53 Å². The van der Waals surface area contributed by atoms with Crippen molar-refractivity contribution in [3.63, 3.8) is 0 Å². The molecule has 1 saturated heterocycles. The number of allylic oxidation sites excluding steroid dienone is 2. The van der Waals surface area contributed by atoms with Crippen molar-refractivity contribution in [2.75, 3.05) is 0 Å². The van der Waals surface area contributed by atoms with E-state index in [1.807, 2.05) is 0 Å². The number of rotatable bonds is 2. The number of fused-ring (bicyclic) bond motifs is 5. The minimum absolute atomic E-state index is 0.176. The van der Waals surface area contributed by atoms with Crippen molar-refractivity contribution in [3.8, 4) is 0 Å². The van der Waals surface area contributed by atoms with Gasteiger partial charge >= 0.3 is 0 Å². The van der Waals surface area contributed by atoms with E-state index in [1.54, 1.807) is 6.26 Å². The zero-order chi connectivity index (χ0) is 16.2. The van der Waals surface area contributed by atoms with Gasteiger partial charge in [-0.05, 0) is 56.3 Å². The van der Waals surface area contributed by atoms with Gasteiger partial charge in [0.05, 0.1) is 6.26 Å². The predicted molar refractivity (Wildman–Crippen MR) is 90.3 cm³/mol. The van der Waals surface area contributed by atoms with Gasteiger partial charge in [0.15, 0.2) is 0 Å². The molecule has 126 valence electrons. The first-order valence-corrected chi connectivity index (χ1v) is 9.26. The van der Waals surface area contributed by atoms with E-state index in [-0.39, 0.29) is 11.3 Å². The molecule has 0 aromatic heterocycles. The van der Waals surface area contributed by atoms with Crippen molar-refractivity contribution in [1.82, 2.24) is 5.32 Å². The second kappa shape index (κ2) is 5.12. The molecule has 0 aromatic rings. The lowest BCUT2D eigenvalue weighted by molar-refractivity contribution is -0.125. The average Bonchev–Trinajstić information content (AvgIpc) is 2.85. The van der Waals surface area contributed by atoms with Gasteiger partial charge in [-0.25, -0.2) is 0 Å². The van der Waals surface area contributed by atoms with Crippen LogP contribution in [0.15, 0.2) is 24.6 Å². The third kappa shape index (κ3) is 2.04. The molecule has 3 heteroatoms. The second-order valence-electron chi connectivity index (χ2n) is 8.61. The zero-order valence-electron chi connectivity index (χ0n) is 14.4. The molecule has 4 aliphatic rings. The van der Waals surface area contributed by atoms with E-state index in [4.69, 9.17) is 4.74 Å². The molecule has 1 aliphatic heterocycles. The minimum Gasteiger partial charge on any atom is -0.498 e. The van der Waals surface area contributed by atoms with E-state index >= 15 is 0 Å². The van der Waals surface area contributed by atoms with Gasteiger partial charge in [-0.3, -0.25) is 4.79 Å². The summed E-state index contributed by atoms with van der Waals surface area (Å²) in [4.78, 5) is 11.8. The maximum atomic E-state index is 11.8. The number of carbonyl (C=O) groups excluding carboxylic acids is 1. The molecule has 0 aromatic carbocycles. The van der Waals surface area contributed by atoms with Gasteiger partial charge in [-0.15, -0.1) is 0 Å². The number of carbonyl (C=O) groups is 1. The number of piperidine rings is 1. The summed E-state index contributed by atoms with van der Waals surface area (Å²) in [5.41, 5.74) is 1.69. The maximum absolute atomic E-state index is 11.8. The highest BCUT2D eigenvalue weighted by molar-refractivity contribution is 5.79. The number of hydrogen-bond donors (Lipinski definition) is 1. The summed E-state index contributed by atoms with van der Waals surface area (Å²) in [7, 11) is 0. The lowest BCUT2D eigenvalue weighted by Crippen LogP contribution is -2.53. The molecule has 1 heterocycles. The molecule has 23 heavy (non-hydrogen) atoms. The summed E-state index contributed by atoms with van der Waals surface area (Å²) in [6.07, 6.45) is 12.1. The average molecular weight is 315 g/mol. The van der Waals surface area contributed by atoms with E-state index in [0.717, 1.165) is 24.7 Å². The highest BCUT2D eigenvalue weighted by Gasteiger charge is 2.59. The Bertz CT molecular complexity index is 568. The first-order valence-electron chi connectivity index (χ1n) is 9.26. The van der Waals surface area contributed by atoms with Crippen molar-refractivity contribution in [2.45, 2.75) is 64.9 Å². The van der Waals surface area contributed by atoms with Crippen LogP contribution < -0.4 is 5.32 Å². The van der Waals surface area contributed by atoms with Crippen molar-refractivity contribution in [1.29, 1.82) is 0 Å². The Morgan fingerprint density at radius 2 is 2.09 bits per heavy atom. The van der Waals surface area contributed by atoms with Crippen molar-refractivity contribution in [3.05, 3.63) is 24.6 Å². The summed E-state index contributed by atoms with van der Waals surface area (Å²) >= 11 is 0. The lowest BCUT2D eigenvalue weighted by Gasteiger charge is -2.56. The Kier molecular flexibility index (Phi) is 3.40. The summed E-state index contributed by atoms with van der Waals surface area (Å²) < 4.78 is 5.89. The van der Waals surface area contributed by atoms with Gasteiger partial charge in [0.25, 0.3) is 0 Å². The first-order chi connectivity index (χ1) is 11.0. The van der Waals surface area contributed by atoms with Crippen LogP contribution in [0.2, 0.25) is 0 Å². The summed E-state index contributed by atoms with van der Waals surface area (Å²) in [5.74, 6) is 2.41. The molecule has 0 bridgehead atoms. The van der Waals surface area contributed by atoms with Crippen LogP contribution in [0.3, 0.4) is 0 Å². The van der Waals surface area contributed by atoms with Crippen LogP contribution in [0, 0.1) is 28.6 Å². The molecule has 0 spiro atoms. The molecule has 6 atom stereocenters. The number of hydrogen-bond acceptors (Lipinski definition) is 2. The van der Waals surface area contributed by atoms with Gasteiger partial charge < -0.3 is 10.1 Å². The highest BCUT2D eigenvalue weighted by Crippen LogP contribution is 2.64. The van der Waals surface area contributed by atoms with Gasteiger partial charge in [0, 0.05) is 22.9 Å². The third-order valence-corrected chi connectivity index (χ3v) is 7.78.